The molecule has 0 spiro atoms. The van der Waals surface area contributed by atoms with Crippen molar-refractivity contribution < 1.29 is 13.5 Å². The Kier molecular flexibility index (Phi) is 4.54. The molecule has 0 fully saturated rings. The molecule has 2 aromatic carbocycles. The molecule has 5 heteroatoms. The van der Waals surface area contributed by atoms with Crippen LogP contribution in [0.4, 0.5) is 0 Å². The Morgan fingerprint density at radius 1 is 1.05 bits per heavy atom. The Morgan fingerprint density at radius 3 is 2.45 bits per heavy atom. The number of hydrogen-bond donors (Lipinski definition) is 2. The first kappa shape index (κ1) is 14.7. The van der Waals surface area contributed by atoms with Gasteiger partial charge in [0.05, 0.1) is 11.5 Å². The molecule has 0 unspecified atom stereocenters. The van der Waals surface area contributed by atoms with E-state index in [1.807, 2.05) is 6.07 Å². The highest BCUT2D eigenvalue weighted by molar-refractivity contribution is 7.89. The first-order chi connectivity index (χ1) is 9.53. The average molecular weight is 291 g/mol. The van der Waals surface area contributed by atoms with Crippen LogP contribution in [0.3, 0.4) is 0 Å². The maximum absolute atomic E-state index is 12.2. The topological polar surface area (TPSA) is 66.4 Å². The number of benzene rings is 2. The zero-order chi connectivity index (χ0) is 14.6. The number of aliphatic hydroxyl groups excluding tert-OH is 1. The van der Waals surface area contributed by atoms with Gasteiger partial charge in [-0.3, -0.25) is 0 Å². The van der Waals surface area contributed by atoms with Crippen molar-refractivity contribution in [1.82, 2.24) is 4.72 Å². The van der Waals surface area contributed by atoms with Gasteiger partial charge >= 0.3 is 0 Å². The summed E-state index contributed by atoms with van der Waals surface area (Å²) in [5.74, 6) is 0. The number of aryl methyl sites for hydroxylation is 1. The zero-order valence-electron chi connectivity index (χ0n) is 11.2. The predicted octanol–water partition coefficient (Wildman–Crippen LogP) is 1.97. The van der Waals surface area contributed by atoms with Gasteiger partial charge < -0.3 is 5.11 Å². The highest BCUT2D eigenvalue weighted by atomic mass is 32.2. The van der Waals surface area contributed by atoms with E-state index in [1.54, 1.807) is 49.4 Å². The van der Waals surface area contributed by atoms with E-state index in [-0.39, 0.29) is 13.2 Å². The number of aliphatic hydroxyl groups is 1. The first-order valence-electron chi connectivity index (χ1n) is 6.27. The lowest BCUT2D eigenvalue weighted by Gasteiger charge is -2.09. The van der Waals surface area contributed by atoms with Gasteiger partial charge in [-0.2, -0.15) is 0 Å². The molecule has 0 amide bonds. The molecule has 0 aliphatic carbocycles. The van der Waals surface area contributed by atoms with Crippen LogP contribution in [0.5, 0.6) is 0 Å². The maximum Gasteiger partial charge on any atom is 0.241 e. The van der Waals surface area contributed by atoms with Gasteiger partial charge in [0, 0.05) is 6.54 Å². The normalized spacial score (nSPS) is 11.5. The summed E-state index contributed by atoms with van der Waals surface area (Å²) in [6, 6.07) is 14.0. The number of hydrogen-bond acceptors (Lipinski definition) is 3. The molecule has 0 aliphatic heterocycles. The molecular formula is C15H17NO3S. The largest absolute Gasteiger partial charge is 0.392 e. The molecule has 20 heavy (non-hydrogen) atoms. The monoisotopic (exact) mass is 291 g/mol. The van der Waals surface area contributed by atoms with E-state index in [9.17, 15) is 8.42 Å². The van der Waals surface area contributed by atoms with Crippen LogP contribution in [0.15, 0.2) is 53.4 Å². The van der Waals surface area contributed by atoms with Crippen molar-refractivity contribution in [1.29, 1.82) is 0 Å². The minimum Gasteiger partial charge on any atom is -0.392 e. The highest BCUT2D eigenvalue weighted by Crippen LogP contribution is 2.14. The lowest BCUT2D eigenvalue weighted by molar-refractivity contribution is 0.281. The van der Waals surface area contributed by atoms with Crippen molar-refractivity contribution in [2.75, 3.05) is 0 Å². The van der Waals surface area contributed by atoms with Crippen LogP contribution in [0.1, 0.15) is 16.7 Å². The van der Waals surface area contributed by atoms with Crippen LogP contribution < -0.4 is 4.72 Å². The minimum absolute atomic E-state index is 0.0572. The van der Waals surface area contributed by atoms with Gasteiger partial charge in [0.1, 0.15) is 0 Å². The lowest BCUT2D eigenvalue weighted by Crippen LogP contribution is -2.24. The van der Waals surface area contributed by atoms with Crippen molar-refractivity contribution in [2.45, 2.75) is 25.0 Å². The molecule has 2 N–H and O–H groups in total. The fraction of sp³-hybridized carbons (Fsp3) is 0.200. The molecule has 106 valence electrons. The van der Waals surface area contributed by atoms with Crippen LogP contribution >= 0.6 is 0 Å². The zero-order valence-corrected chi connectivity index (χ0v) is 12.0. The van der Waals surface area contributed by atoms with Crippen LogP contribution in [-0.2, 0) is 23.2 Å². The number of nitrogens with one attached hydrogen (secondary N) is 1. The Labute approximate surface area is 119 Å². The Morgan fingerprint density at radius 2 is 1.75 bits per heavy atom. The van der Waals surface area contributed by atoms with Crippen LogP contribution in [0.2, 0.25) is 0 Å². The molecule has 2 rings (SSSR count). The summed E-state index contributed by atoms with van der Waals surface area (Å²) in [6.45, 7) is 1.91. The summed E-state index contributed by atoms with van der Waals surface area (Å²) in [5, 5.41) is 9.07. The third-order valence-electron chi connectivity index (χ3n) is 3.02. The molecule has 0 aliphatic rings. The van der Waals surface area contributed by atoms with Crippen LogP contribution in [-0.4, -0.2) is 13.5 Å². The SMILES string of the molecule is Cc1ccccc1S(=O)(=O)NCc1cccc(CO)c1. The second-order valence-corrected chi connectivity index (χ2v) is 6.30. The average Bonchev–Trinajstić information content (AvgIpc) is 2.46. The number of sulfonamides is 1. The van der Waals surface area contributed by atoms with Gasteiger partial charge in [-0.05, 0) is 29.7 Å². The third-order valence-corrected chi connectivity index (χ3v) is 4.58. The Bertz CT molecular complexity index is 696. The summed E-state index contributed by atoms with van der Waals surface area (Å²) < 4.78 is 27.0. The molecular weight excluding hydrogens is 274 g/mol. The standard InChI is InChI=1S/C15H17NO3S/c1-12-5-2-3-8-15(12)20(18,19)16-10-13-6-4-7-14(9-13)11-17/h2-9,16-17H,10-11H2,1H3. The van der Waals surface area contributed by atoms with E-state index in [4.69, 9.17) is 5.11 Å². The molecule has 0 aromatic heterocycles. The van der Waals surface area contributed by atoms with E-state index < -0.39 is 10.0 Å². The third kappa shape index (κ3) is 3.45. The summed E-state index contributed by atoms with van der Waals surface area (Å²) in [4.78, 5) is 0.290. The van der Waals surface area contributed by atoms with Gasteiger partial charge in [-0.1, -0.05) is 42.5 Å². The highest BCUT2D eigenvalue weighted by Gasteiger charge is 2.15. The molecule has 0 bridgehead atoms. The molecule has 0 radical (unpaired) electrons. The van der Waals surface area contributed by atoms with Crippen molar-refractivity contribution in [3.63, 3.8) is 0 Å². The molecule has 0 heterocycles. The second kappa shape index (κ2) is 6.17. The second-order valence-electron chi connectivity index (χ2n) is 4.57. The van der Waals surface area contributed by atoms with E-state index >= 15 is 0 Å². The van der Waals surface area contributed by atoms with Gasteiger partial charge in [-0.25, -0.2) is 13.1 Å². The first-order valence-corrected chi connectivity index (χ1v) is 7.75. The molecule has 0 saturated heterocycles. The van der Waals surface area contributed by atoms with Crippen molar-refractivity contribution in [3.05, 3.63) is 65.2 Å². The van der Waals surface area contributed by atoms with Gasteiger partial charge in [-0.15, -0.1) is 0 Å². The minimum atomic E-state index is -3.52. The van der Waals surface area contributed by atoms with Gasteiger partial charge in [0.15, 0.2) is 0 Å². The van der Waals surface area contributed by atoms with Gasteiger partial charge in [0.2, 0.25) is 10.0 Å². The number of rotatable bonds is 5. The van der Waals surface area contributed by atoms with Crippen LogP contribution in [0, 0.1) is 6.92 Å². The Hall–Kier alpha value is -1.69. The molecule has 4 nitrogen and oxygen atoms in total. The van der Waals surface area contributed by atoms with E-state index in [1.165, 1.54) is 0 Å². The fourth-order valence-corrected chi connectivity index (χ4v) is 3.21. The molecule has 2 aromatic rings. The Balaban J connectivity index is 2.15. The van der Waals surface area contributed by atoms with Crippen LogP contribution in [0.25, 0.3) is 0 Å². The maximum atomic E-state index is 12.2. The molecule has 0 saturated carbocycles. The summed E-state index contributed by atoms with van der Waals surface area (Å²) in [5.41, 5.74) is 2.29. The molecule has 0 atom stereocenters. The van der Waals surface area contributed by atoms with E-state index in [2.05, 4.69) is 4.72 Å². The van der Waals surface area contributed by atoms with Crippen molar-refractivity contribution >= 4 is 10.0 Å². The quantitative estimate of drug-likeness (QED) is 0.885. The summed E-state index contributed by atoms with van der Waals surface area (Å²) in [7, 11) is -3.52. The summed E-state index contributed by atoms with van der Waals surface area (Å²) >= 11 is 0. The van der Waals surface area contributed by atoms with E-state index in [0.29, 0.717) is 10.5 Å². The van der Waals surface area contributed by atoms with E-state index in [0.717, 1.165) is 11.1 Å². The lowest BCUT2D eigenvalue weighted by atomic mass is 10.1. The fourth-order valence-electron chi connectivity index (χ4n) is 1.95. The summed E-state index contributed by atoms with van der Waals surface area (Å²) in [6.07, 6.45) is 0. The van der Waals surface area contributed by atoms with Crippen molar-refractivity contribution in [3.8, 4) is 0 Å². The smallest absolute Gasteiger partial charge is 0.241 e. The van der Waals surface area contributed by atoms with Crippen molar-refractivity contribution in [2.24, 2.45) is 0 Å². The van der Waals surface area contributed by atoms with Gasteiger partial charge in [0.25, 0.3) is 0 Å². The predicted molar refractivity (Wildman–Crippen MR) is 77.6 cm³/mol.